The second kappa shape index (κ2) is 10.1. The fraction of sp³-hybridized carbons (Fsp3) is 0.192. The maximum Gasteiger partial charge on any atom is 0.328 e. The predicted molar refractivity (Wildman–Crippen MR) is 134 cm³/mol. The lowest BCUT2D eigenvalue weighted by atomic mass is 10.2. The highest BCUT2D eigenvalue weighted by Gasteiger charge is 2.11. The van der Waals surface area contributed by atoms with E-state index in [1.807, 2.05) is 73.7 Å². The molecule has 1 aromatic heterocycles. The van der Waals surface area contributed by atoms with Crippen LogP contribution in [-0.4, -0.2) is 21.1 Å². The summed E-state index contributed by atoms with van der Waals surface area (Å²) in [6.45, 7) is 2.58. The summed E-state index contributed by atoms with van der Waals surface area (Å²) in [6.07, 6.45) is 0.185. The molecule has 0 atom stereocenters. The van der Waals surface area contributed by atoms with Gasteiger partial charge in [-0.3, -0.25) is 13.9 Å². The molecule has 0 radical (unpaired) electrons. The van der Waals surface area contributed by atoms with Crippen molar-refractivity contribution in [3.05, 3.63) is 94.4 Å². The van der Waals surface area contributed by atoms with Crippen LogP contribution in [0.1, 0.15) is 17.5 Å². The number of anilines is 2. The molecular formula is C26H27N5O3. The van der Waals surface area contributed by atoms with Gasteiger partial charge in [0.15, 0.2) is 0 Å². The molecule has 3 amide bonds. The number of rotatable bonds is 7. The largest absolute Gasteiger partial charge is 0.352 e. The summed E-state index contributed by atoms with van der Waals surface area (Å²) in [4.78, 5) is 37.2. The normalized spacial score (nSPS) is 10.8. The van der Waals surface area contributed by atoms with Gasteiger partial charge in [0, 0.05) is 37.9 Å². The van der Waals surface area contributed by atoms with Crippen LogP contribution in [0.5, 0.6) is 0 Å². The lowest BCUT2D eigenvalue weighted by molar-refractivity contribution is -0.121. The van der Waals surface area contributed by atoms with Crippen LogP contribution in [0.2, 0.25) is 0 Å². The minimum absolute atomic E-state index is 0.142. The highest BCUT2D eigenvalue weighted by Crippen LogP contribution is 2.14. The molecule has 3 N–H and O–H groups in total. The number of fused-ring (bicyclic) bond motifs is 1. The Balaban J connectivity index is 1.31. The second-order valence-electron chi connectivity index (χ2n) is 8.16. The quantitative estimate of drug-likeness (QED) is 0.391. The highest BCUT2D eigenvalue weighted by atomic mass is 16.2. The fourth-order valence-electron chi connectivity index (χ4n) is 3.86. The average molecular weight is 458 g/mol. The summed E-state index contributed by atoms with van der Waals surface area (Å²) >= 11 is 0. The third-order valence-electron chi connectivity index (χ3n) is 5.56. The number of carbonyl (C=O) groups is 2. The number of nitrogens with zero attached hydrogens (tertiary/aromatic N) is 2. The lowest BCUT2D eigenvalue weighted by Gasteiger charge is -2.10. The Kier molecular flexibility index (Phi) is 6.77. The average Bonchev–Trinajstić information content (AvgIpc) is 3.06. The number of aromatic nitrogens is 2. The van der Waals surface area contributed by atoms with Gasteiger partial charge in [0.25, 0.3) is 0 Å². The van der Waals surface area contributed by atoms with Crippen molar-refractivity contribution in [1.29, 1.82) is 0 Å². The fourth-order valence-corrected chi connectivity index (χ4v) is 3.86. The molecule has 0 aliphatic heterocycles. The number of carbonyl (C=O) groups excluding carboxylic acids is 2. The van der Waals surface area contributed by atoms with Crippen LogP contribution in [0, 0.1) is 6.92 Å². The molecule has 1 heterocycles. The molecule has 0 fully saturated rings. The van der Waals surface area contributed by atoms with Gasteiger partial charge in [-0.05, 0) is 54.4 Å². The molecule has 0 aliphatic rings. The molecule has 34 heavy (non-hydrogen) atoms. The van der Waals surface area contributed by atoms with Gasteiger partial charge in [-0.25, -0.2) is 9.59 Å². The topological polar surface area (TPSA) is 97.2 Å². The monoisotopic (exact) mass is 457 g/mol. The van der Waals surface area contributed by atoms with Crippen molar-refractivity contribution in [2.24, 2.45) is 7.05 Å². The van der Waals surface area contributed by atoms with Crippen LogP contribution in [0.25, 0.3) is 11.0 Å². The van der Waals surface area contributed by atoms with Crippen molar-refractivity contribution < 1.29 is 9.59 Å². The number of hydrogen-bond acceptors (Lipinski definition) is 3. The molecule has 0 saturated heterocycles. The van der Waals surface area contributed by atoms with Crippen molar-refractivity contribution in [2.45, 2.75) is 26.4 Å². The molecule has 174 valence electrons. The van der Waals surface area contributed by atoms with Gasteiger partial charge in [0.05, 0.1) is 11.0 Å². The maximum atomic E-state index is 12.5. The van der Waals surface area contributed by atoms with Crippen molar-refractivity contribution in [3.63, 3.8) is 0 Å². The predicted octanol–water partition coefficient (Wildman–Crippen LogP) is 4.00. The molecule has 0 aliphatic carbocycles. The van der Waals surface area contributed by atoms with Crippen LogP contribution >= 0.6 is 0 Å². The van der Waals surface area contributed by atoms with Gasteiger partial charge in [0.2, 0.25) is 5.91 Å². The standard InChI is InChI=1S/C26H27N5O3/c1-18-7-5-9-20(15-18)28-25(33)29-21-10-6-8-19(16-21)17-27-24(32)13-14-31-23-12-4-3-11-22(23)30(2)26(31)34/h3-12,15-16H,13-14,17H2,1-2H3,(H,27,32)(H2,28,29,33). The van der Waals surface area contributed by atoms with Gasteiger partial charge >= 0.3 is 11.7 Å². The van der Waals surface area contributed by atoms with Gasteiger partial charge in [0.1, 0.15) is 0 Å². The number of amides is 3. The number of benzene rings is 3. The third kappa shape index (κ3) is 5.35. The van der Waals surface area contributed by atoms with Crippen LogP contribution < -0.4 is 21.6 Å². The number of imidazole rings is 1. The summed E-state index contributed by atoms with van der Waals surface area (Å²) in [5.74, 6) is -0.157. The Bertz CT molecular complexity index is 1400. The summed E-state index contributed by atoms with van der Waals surface area (Å²) in [5.41, 5.74) is 4.75. The Morgan fingerprint density at radius 3 is 2.26 bits per heavy atom. The molecule has 0 spiro atoms. The number of para-hydroxylation sites is 2. The first-order valence-electron chi connectivity index (χ1n) is 11.1. The Morgan fingerprint density at radius 2 is 1.53 bits per heavy atom. The summed E-state index contributed by atoms with van der Waals surface area (Å²) in [5, 5.41) is 8.49. The molecule has 4 aromatic rings. The van der Waals surface area contributed by atoms with E-state index in [4.69, 9.17) is 0 Å². The van der Waals surface area contributed by atoms with Crippen LogP contribution in [0.15, 0.2) is 77.6 Å². The Labute approximate surface area is 197 Å². The van der Waals surface area contributed by atoms with Crippen molar-refractivity contribution >= 4 is 34.3 Å². The van der Waals surface area contributed by atoms with E-state index in [2.05, 4.69) is 16.0 Å². The Morgan fingerprint density at radius 1 is 0.853 bits per heavy atom. The summed E-state index contributed by atoms with van der Waals surface area (Å²) in [6, 6.07) is 22.0. The molecule has 0 unspecified atom stereocenters. The van der Waals surface area contributed by atoms with E-state index >= 15 is 0 Å². The number of aryl methyl sites for hydroxylation is 3. The molecule has 8 heteroatoms. The van der Waals surface area contributed by atoms with E-state index in [0.717, 1.165) is 22.2 Å². The second-order valence-corrected chi connectivity index (χ2v) is 8.16. The summed E-state index contributed by atoms with van der Waals surface area (Å²) < 4.78 is 3.20. The molecule has 8 nitrogen and oxygen atoms in total. The third-order valence-corrected chi connectivity index (χ3v) is 5.56. The smallest absolute Gasteiger partial charge is 0.328 e. The van der Waals surface area contributed by atoms with E-state index in [0.29, 0.717) is 24.5 Å². The molecule has 3 aromatic carbocycles. The zero-order valence-electron chi connectivity index (χ0n) is 19.2. The minimum Gasteiger partial charge on any atom is -0.352 e. The van der Waals surface area contributed by atoms with Crippen LogP contribution in [0.4, 0.5) is 16.2 Å². The number of urea groups is 1. The van der Waals surface area contributed by atoms with E-state index < -0.39 is 0 Å². The minimum atomic E-state index is -0.340. The zero-order valence-corrected chi connectivity index (χ0v) is 19.2. The number of nitrogens with one attached hydrogen (secondary N) is 3. The lowest BCUT2D eigenvalue weighted by Crippen LogP contribution is -2.27. The first kappa shape index (κ1) is 22.8. The maximum absolute atomic E-state index is 12.5. The number of hydrogen-bond donors (Lipinski definition) is 3. The Hall–Kier alpha value is -4.33. The highest BCUT2D eigenvalue weighted by molar-refractivity contribution is 5.99. The first-order chi connectivity index (χ1) is 16.4. The SMILES string of the molecule is Cc1cccc(NC(=O)Nc2cccc(CNC(=O)CCn3c(=O)n(C)c4ccccc43)c2)c1. The van der Waals surface area contributed by atoms with Gasteiger partial charge < -0.3 is 16.0 Å². The zero-order chi connectivity index (χ0) is 24.1. The van der Waals surface area contributed by atoms with Crippen molar-refractivity contribution in [2.75, 3.05) is 10.6 Å². The van der Waals surface area contributed by atoms with Crippen molar-refractivity contribution in [1.82, 2.24) is 14.5 Å². The van der Waals surface area contributed by atoms with E-state index in [1.54, 1.807) is 22.2 Å². The molecule has 0 bridgehead atoms. The van der Waals surface area contributed by atoms with E-state index in [-0.39, 0.29) is 24.0 Å². The molecule has 0 saturated carbocycles. The first-order valence-corrected chi connectivity index (χ1v) is 11.1. The van der Waals surface area contributed by atoms with E-state index in [1.165, 1.54) is 0 Å². The van der Waals surface area contributed by atoms with Crippen LogP contribution in [-0.2, 0) is 24.9 Å². The van der Waals surface area contributed by atoms with Crippen LogP contribution in [0.3, 0.4) is 0 Å². The van der Waals surface area contributed by atoms with Crippen molar-refractivity contribution in [3.8, 4) is 0 Å². The van der Waals surface area contributed by atoms with Gasteiger partial charge in [-0.1, -0.05) is 36.4 Å². The van der Waals surface area contributed by atoms with Gasteiger partial charge in [-0.15, -0.1) is 0 Å². The summed E-state index contributed by atoms with van der Waals surface area (Å²) in [7, 11) is 1.73. The molecule has 4 rings (SSSR count). The molecular weight excluding hydrogens is 430 g/mol. The van der Waals surface area contributed by atoms with E-state index in [9.17, 15) is 14.4 Å². The van der Waals surface area contributed by atoms with Gasteiger partial charge in [-0.2, -0.15) is 0 Å².